The van der Waals surface area contributed by atoms with E-state index < -0.39 is 53.8 Å². The highest BCUT2D eigenvalue weighted by Crippen LogP contribution is 2.46. The molecule has 1 fully saturated rings. The van der Waals surface area contributed by atoms with Crippen LogP contribution in [-0.4, -0.2) is 70.4 Å². The van der Waals surface area contributed by atoms with Crippen molar-refractivity contribution in [3.05, 3.63) is 108 Å². The Morgan fingerprint density at radius 2 is 1.45 bits per heavy atom. The van der Waals surface area contributed by atoms with E-state index in [0.717, 1.165) is 35.9 Å². The summed E-state index contributed by atoms with van der Waals surface area (Å²) in [6, 6.07) is 17.5. The molecule has 0 spiro atoms. The second kappa shape index (κ2) is 14.3. The van der Waals surface area contributed by atoms with Crippen LogP contribution in [0.3, 0.4) is 0 Å². The summed E-state index contributed by atoms with van der Waals surface area (Å²) in [5.41, 5.74) is -1.80. The van der Waals surface area contributed by atoms with Crippen LogP contribution in [0.1, 0.15) is 29.5 Å². The number of benzene rings is 2. The minimum absolute atomic E-state index is 0.0425. The lowest BCUT2D eigenvalue weighted by atomic mass is 9.84. The maximum atomic E-state index is 16.0. The molecule has 4 aromatic rings. The van der Waals surface area contributed by atoms with Crippen molar-refractivity contribution in [1.82, 2.24) is 15.0 Å². The van der Waals surface area contributed by atoms with Crippen LogP contribution < -0.4 is 21.5 Å². The fourth-order valence-corrected chi connectivity index (χ4v) is 5.70. The molecule has 5 rings (SSSR count). The monoisotopic (exact) mass is 688 g/mol. The first-order valence-electron chi connectivity index (χ1n) is 15.1. The minimum Gasteiger partial charge on any atom is -0.386 e. The number of rotatable bonds is 11. The smallest absolute Gasteiger partial charge is 0.386 e. The number of piperazine rings is 1. The van der Waals surface area contributed by atoms with Crippen LogP contribution in [0.2, 0.25) is 0 Å². The molecule has 260 valence electrons. The number of hydrogen-bond donors (Lipinski definition) is 4. The molecule has 0 saturated carbocycles. The summed E-state index contributed by atoms with van der Waals surface area (Å²) in [6.45, 7) is 1.57. The zero-order valence-corrected chi connectivity index (χ0v) is 26.0. The predicted octanol–water partition coefficient (Wildman–Crippen LogP) is 4.65. The fourth-order valence-electron chi connectivity index (χ4n) is 5.70. The Morgan fingerprint density at radius 1 is 0.837 bits per heavy atom. The fraction of sp³-hybridized carbons (Fsp3) is 0.303. The molecule has 0 amide bonds. The predicted molar refractivity (Wildman–Crippen MR) is 172 cm³/mol. The number of pyridine rings is 2. The van der Waals surface area contributed by atoms with Crippen LogP contribution >= 0.6 is 0 Å². The van der Waals surface area contributed by atoms with E-state index in [-0.39, 0.29) is 5.69 Å². The number of nitrogens with zero attached hydrogens (tertiary/aromatic N) is 6. The van der Waals surface area contributed by atoms with Gasteiger partial charge in [-0.05, 0) is 42.0 Å². The van der Waals surface area contributed by atoms with E-state index in [1.165, 1.54) is 36.7 Å². The molecular formula is C33H34F6N8O2. The third-order valence-electron chi connectivity index (χ3n) is 8.30. The van der Waals surface area contributed by atoms with Crippen molar-refractivity contribution < 1.29 is 36.6 Å². The summed E-state index contributed by atoms with van der Waals surface area (Å²) in [5.74, 6) is 5.59. The maximum absolute atomic E-state index is 16.0. The van der Waals surface area contributed by atoms with Gasteiger partial charge in [0.05, 0.1) is 30.5 Å². The summed E-state index contributed by atoms with van der Waals surface area (Å²) in [6.07, 6.45) is -4.07. The van der Waals surface area contributed by atoms with E-state index in [0.29, 0.717) is 42.3 Å². The van der Waals surface area contributed by atoms with Gasteiger partial charge in [0.15, 0.2) is 5.60 Å². The van der Waals surface area contributed by atoms with Crippen molar-refractivity contribution in [2.75, 3.05) is 42.5 Å². The molecule has 2 aromatic heterocycles. The third kappa shape index (κ3) is 7.87. The van der Waals surface area contributed by atoms with Gasteiger partial charge in [-0.2, -0.15) is 27.1 Å². The molecule has 6 N–H and O–H groups in total. The first kappa shape index (κ1) is 35.4. The molecule has 2 aromatic carbocycles. The molecular weight excluding hydrogens is 654 g/mol. The van der Waals surface area contributed by atoms with Crippen molar-refractivity contribution in [3.63, 3.8) is 0 Å². The van der Waals surface area contributed by atoms with Crippen LogP contribution in [0.15, 0.2) is 90.3 Å². The lowest BCUT2D eigenvalue weighted by Gasteiger charge is -2.38. The van der Waals surface area contributed by atoms with Crippen molar-refractivity contribution in [3.8, 4) is 11.1 Å². The van der Waals surface area contributed by atoms with Gasteiger partial charge in [0.1, 0.15) is 24.0 Å². The van der Waals surface area contributed by atoms with Gasteiger partial charge in [-0.3, -0.25) is 15.0 Å². The topological polar surface area (TPSA) is 140 Å². The van der Waals surface area contributed by atoms with Gasteiger partial charge in [-0.1, -0.05) is 36.4 Å². The second-order valence-corrected chi connectivity index (χ2v) is 11.6. The van der Waals surface area contributed by atoms with Crippen LogP contribution in [0.25, 0.3) is 11.1 Å². The average Bonchev–Trinajstić information content (AvgIpc) is 3.08. The van der Waals surface area contributed by atoms with Crippen LogP contribution in [0.5, 0.6) is 0 Å². The Kier molecular flexibility index (Phi) is 10.3. The SMILES string of the molecule is N/N=C\N(N)CC(O)(c1ccccc1F)C(F)(F)c1ccc(-c2ccc(N3CCN(c4ccc(C(O)CC(F)(F)F)nc4)CC3)cc2)cn1. The highest BCUT2D eigenvalue weighted by atomic mass is 19.4. The van der Waals surface area contributed by atoms with E-state index in [2.05, 4.69) is 20.0 Å². The highest BCUT2D eigenvalue weighted by molar-refractivity contribution is 5.66. The Balaban J connectivity index is 1.25. The number of nitrogens with two attached hydrogens (primary N) is 2. The van der Waals surface area contributed by atoms with Crippen molar-refractivity contribution in [2.45, 2.75) is 30.2 Å². The molecule has 0 radical (unpaired) electrons. The standard InChI is InChI=1S/C33H34F6N8O2/c34-27-4-2-1-3-26(27)31(49,20-47(41)21-44-40)33(38,39)30-12-7-23(18-43-30)22-5-8-24(9-6-22)45-13-15-46(16-14-45)25-10-11-28(42-19-25)29(48)17-32(35,36)37/h1-12,18-19,21,29,48-49H,13-17,20,40-41H2/b44-21-. The second-order valence-electron chi connectivity index (χ2n) is 11.6. The third-order valence-corrected chi connectivity index (χ3v) is 8.30. The number of hydrazone groups is 1. The van der Waals surface area contributed by atoms with E-state index in [1.807, 2.05) is 29.2 Å². The molecule has 1 saturated heterocycles. The Morgan fingerprint density at radius 3 is 2.00 bits per heavy atom. The molecule has 49 heavy (non-hydrogen) atoms. The van der Waals surface area contributed by atoms with Gasteiger partial charge in [-0.25, -0.2) is 10.2 Å². The average molecular weight is 689 g/mol. The van der Waals surface area contributed by atoms with Crippen LogP contribution in [0.4, 0.5) is 37.7 Å². The van der Waals surface area contributed by atoms with Gasteiger partial charge in [0.2, 0.25) is 0 Å². The Bertz CT molecular complexity index is 1720. The van der Waals surface area contributed by atoms with E-state index >= 15 is 8.78 Å². The van der Waals surface area contributed by atoms with Crippen LogP contribution in [0, 0.1) is 5.82 Å². The van der Waals surface area contributed by atoms with Gasteiger partial charge in [0.25, 0.3) is 0 Å². The first-order valence-corrected chi connectivity index (χ1v) is 15.1. The van der Waals surface area contributed by atoms with Gasteiger partial charge in [-0.15, -0.1) is 0 Å². The number of halogens is 6. The van der Waals surface area contributed by atoms with Crippen molar-refractivity contribution in [2.24, 2.45) is 16.8 Å². The summed E-state index contributed by atoms with van der Waals surface area (Å²) in [5, 5.41) is 24.9. The van der Waals surface area contributed by atoms with Crippen LogP contribution in [-0.2, 0) is 11.5 Å². The zero-order chi connectivity index (χ0) is 35.4. The van der Waals surface area contributed by atoms with Crippen molar-refractivity contribution in [1.29, 1.82) is 0 Å². The number of aliphatic hydroxyl groups is 2. The number of aromatic nitrogens is 2. The molecule has 1 aliphatic rings. The highest BCUT2D eigenvalue weighted by Gasteiger charge is 2.58. The summed E-state index contributed by atoms with van der Waals surface area (Å²) in [7, 11) is 0. The molecule has 2 atom stereocenters. The summed E-state index contributed by atoms with van der Waals surface area (Å²) in [4.78, 5) is 12.2. The molecule has 0 bridgehead atoms. The number of hydrogen-bond acceptors (Lipinski definition) is 9. The van der Waals surface area contributed by atoms with Crippen molar-refractivity contribution >= 4 is 17.7 Å². The number of alkyl halides is 5. The quantitative estimate of drug-likeness (QED) is 0.0583. The zero-order valence-electron chi connectivity index (χ0n) is 26.0. The molecule has 0 aliphatic carbocycles. The maximum Gasteiger partial charge on any atom is 0.391 e. The summed E-state index contributed by atoms with van der Waals surface area (Å²) >= 11 is 0. The van der Waals surface area contributed by atoms with Gasteiger partial charge < -0.3 is 25.9 Å². The summed E-state index contributed by atoms with van der Waals surface area (Å²) < 4.78 is 84.5. The Labute approximate surface area is 277 Å². The minimum atomic E-state index is -4.50. The van der Waals surface area contributed by atoms with Gasteiger partial charge >= 0.3 is 12.1 Å². The first-order chi connectivity index (χ1) is 23.2. The number of aliphatic hydroxyl groups excluding tert-OH is 1. The largest absolute Gasteiger partial charge is 0.391 e. The molecule has 1 aliphatic heterocycles. The van der Waals surface area contributed by atoms with E-state index in [1.54, 1.807) is 6.07 Å². The lowest BCUT2D eigenvalue weighted by Crippen LogP contribution is -2.53. The Hall–Kier alpha value is -4.93. The number of anilines is 2. The molecule has 16 heteroatoms. The normalized spacial score (nSPS) is 16.1. The lowest BCUT2D eigenvalue weighted by molar-refractivity contribution is -0.203. The van der Waals surface area contributed by atoms with E-state index in [9.17, 15) is 27.8 Å². The van der Waals surface area contributed by atoms with E-state index in [4.69, 9.17) is 11.7 Å². The molecule has 3 heterocycles. The van der Waals surface area contributed by atoms with Gasteiger partial charge in [0, 0.05) is 49.2 Å². The number of hydrazine groups is 1. The molecule has 2 unspecified atom stereocenters. The molecule has 10 nitrogen and oxygen atoms in total.